The first kappa shape index (κ1) is 34.7. The third-order valence-electron chi connectivity index (χ3n) is 7.27. The number of ether oxygens (including phenoxy) is 5. The average molecular weight is 807 g/mol. The van der Waals surface area contributed by atoms with Crippen molar-refractivity contribution in [1.29, 1.82) is 0 Å². The average Bonchev–Trinajstić information content (AvgIpc) is 3.34. The standard InChI is InChI=1S/C34H31Br2ClN2O7S/c1-6-44-26-16-22(35)21(15-25(26)42-4)30-29(33(41)45-7-2)18(3)38-34-39(30)32(40)28(47-34)14-19-12-23(36)31(27(13-19)43-5)46-17-20-10-8-9-11-24(20)37/h8-16,30H,6-7,17H2,1-5H3/b28-14+/t30-/m1/s1. The molecule has 0 N–H and O–H groups in total. The normalized spacial score (nSPS) is 14.4. The van der Waals surface area contributed by atoms with E-state index < -0.39 is 12.0 Å². The van der Waals surface area contributed by atoms with Crippen molar-refractivity contribution in [3.63, 3.8) is 0 Å². The molecule has 4 aromatic rings. The van der Waals surface area contributed by atoms with Crippen LogP contribution in [0, 0.1) is 0 Å². The molecule has 13 heteroatoms. The molecule has 1 atom stereocenters. The molecule has 1 aliphatic heterocycles. The van der Waals surface area contributed by atoms with Crippen LogP contribution in [0.15, 0.2) is 78.5 Å². The summed E-state index contributed by atoms with van der Waals surface area (Å²) in [6, 6.07) is 13.7. The van der Waals surface area contributed by atoms with Crippen molar-refractivity contribution in [2.45, 2.75) is 33.4 Å². The van der Waals surface area contributed by atoms with E-state index in [0.29, 0.717) is 69.7 Å². The maximum atomic E-state index is 14.2. The minimum absolute atomic E-state index is 0.162. The predicted octanol–water partition coefficient (Wildman–Crippen LogP) is 6.97. The molecule has 0 saturated heterocycles. The number of methoxy groups -OCH3 is 2. The summed E-state index contributed by atoms with van der Waals surface area (Å²) in [6.07, 6.45) is 1.75. The van der Waals surface area contributed by atoms with Crippen LogP contribution in [0.25, 0.3) is 6.08 Å². The Kier molecular flexibility index (Phi) is 11.2. The van der Waals surface area contributed by atoms with Crippen molar-refractivity contribution in [3.8, 4) is 23.0 Å². The molecule has 47 heavy (non-hydrogen) atoms. The van der Waals surface area contributed by atoms with Crippen LogP contribution in [0.2, 0.25) is 5.02 Å². The van der Waals surface area contributed by atoms with E-state index in [0.717, 1.165) is 5.56 Å². The number of hydrogen-bond acceptors (Lipinski definition) is 9. The Morgan fingerprint density at radius 2 is 1.74 bits per heavy atom. The highest BCUT2D eigenvalue weighted by Gasteiger charge is 2.35. The second-order valence-electron chi connectivity index (χ2n) is 10.2. The zero-order valence-electron chi connectivity index (χ0n) is 26.2. The minimum atomic E-state index is -0.853. The van der Waals surface area contributed by atoms with E-state index in [2.05, 4.69) is 36.9 Å². The van der Waals surface area contributed by atoms with Crippen molar-refractivity contribution in [1.82, 2.24) is 4.57 Å². The van der Waals surface area contributed by atoms with Crippen LogP contribution >= 0.6 is 54.8 Å². The third-order valence-corrected chi connectivity index (χ3v) is 9.90. The van der Waals surface area contributed by atoms with E-state index in [9.17, 15) is 9.59 Å². The number of esters is 1. The van der Waals surface area contributed by atoms with Crippen LogP contribution in [0.3, 0.4) is 0 Å². The fourth-order valence-electron chi connectivity index (χ4n) is 5.15. The molecule has 2 heterocycles. The fourth-order valence-corrected chi connectivity index (χ4v) is 7.50. The van der Waals surface area contributed by atoms with E-state index in [4.69, 9.17) is 35.3 Å². The summed E-state index contributed by atoms with van der Waals surface area (Å²) < 4.78 is 31.7. The number of hydrogen-bond donors (Lipinski definition) is 0. The topological polar surface area (TPSA) is 97.6 Å². The Bertz CT molecular complexity index is 2060. The van der Waals surface area contributed by atoms with Crippen LogP contribution in [0.1, 0.15) is 43.5 Å². The maximum Gasteiger partial charge on any atom is 0.338 e. The fraction of sp³-hybridized carbons (Fsp3) is 0.265. The molecule has 0 saturated carbocycles. The SMILES string of the molecule is CCOC(=O)C1=C(C)N=c2s/c(=C/c3cc(Br)c(OCc4ccccc4Cl)c(OC)c3)c(=O)n2[C@@H]1c1cc(OC)c(OCC)cc1Br. The number of aromatic nitrogens is 1. The molecule has 1 aliphatic rings. The molecule has 246 valence electrons. The number of fused-ring (bicyclic) bond motifs is 1. The molecule has 0 aliphatic carbocycles. The number of rotatable bonds is 11. The van der Waals surface area contributed by atoms with E-state index in [1.807, 2.05) is 31.2 Å². The molecule has 0 unspecified atom stereocenters. The third kappa shape index (κ3) is 7.15. The van der Waals surface area contributed by atoms with Crippen molar-refractivity contribution in [2.24, 2.45) is 4.99 Å². The molecular weight excluding hydrogens is 776 g/mol. The van der Waals surface area contributed by atoms with Gasteiger partial charge in [0.25, 0.3) is 5.56 Å². The molecule has 0 spiro atoms. The first-order valence-corrected chi connectivity index (χ1v) is 17.3. The van der Waals surface area contributed by atoms with Gasteiger partial charge in [-0.1, -0.05) is 57.1 Å². The van der Waals surface area contributed by atoms with Gasteiger partial charge in [0.05, 0.1) is 53.8 Å². The smallest absolute Gasteiger partial charge is 0.338 e. The summed E-state index contributed by atoms with van der Waals surface area (Å²) in [7, 11) is 3.08. The second-order valence-corrected chi connectivity index (χ2v) is 13.3. The van der Waals surface area contributed by atoms with Crippen LogP contribution in [-0.4, -0.2) is 38.0 Å². The Morgan fingerprint density at radius 1 is 1.00 bits per heavy atom. The number of allylic oxidation sites excluding steroid dienone is 1. The van der Waals surface area contributed by atoms with Gasteiger partial charge in [-0.05, 0) is 84.2 Å². The van der Waals surface area contributed by atoms with Gasteiger partial charge >= 0.3 is 5.97 Å². The first-order chi connectivity index (χ1) is 22.6. The number of halogens is 3. The quantitative estimate of drug-likeness (QED) is 0.151. The number of carbonyl (C=O) groups is 1. The van der Waals surface area contributed by atoms with Gasteiger partial charge in [-0.25, -0.2) is 9.79 Å². The Hall–Kier alpha value is -3.58. The van der Waals surface area contributed by atoms with Crippen molar-refractivity contribution < 1.29 is 28.5 Å². The highest BCUT2D eigenvalue weighted by Crippen LogP contribution is 2.41. The van der Waals surface area contributed by atoms with Gasteiger partial charge in [0.2, 0.25) is 0 Å². The molecule has 1 aromatic heterocycles. The van der Waals surface area contributed by atoms with Crippen LogP contribution in [-0.2, 0) is 16.1 Å². The molecule has 0 bridgehead atoms. The lowest BCUT2D eigenvalue weighted by Gasteiger charge is -2.26. The Balaban J connectivity index is 1.63. The lowest BCUT2D eigenvalue weighted by molar-refractivity contribution is -0.139. The maximum absolute atomic E-state index is 14.2. The van der Waals surface area contributed by atoms with Gasteiger partial charge in [-0.2, -0.15) is 0 Å². The minimum Gasteiger partial charge on any atom is -0.493 e. The molecule has 0 radical (unpaired) electrons. The van der Waals surface area contributed by atoms with Gasteiger partial charge in [-0.3, -0.25) is 9.36 Å². The van der Waals surface area contributed by atoms with Crippen molar-refractivity contribution in [3.05, 3.63) is 110 Å². The largest absolute Gasteiger partial charge is 0.493 e. The summed E-state index contributed by atoms with van der Waals surface area (Å²) in [6.45, 7) is 6.17. The number of nitrogens with zero attached hydrogens (tertiary/aromatic N) is 2. The van der Waals surface area contributed by atoms with Crippen LogP contribution < -0.4 is 33.8 Å². The Labute approximate surface area is 297 Å². The summed E-state index contributed by atoms with van der Waals surface area (Å²) in [5.74, 6) is 1.38. The van der Waals surface area contributed by atoms with Crippen molar-refractivity contribution in [2.75, 3.05) is 27.4 Å². The summed E-state index contributed by atoms with van der Waals surface area (Å²) in [5, 5.41) is 0.602. The van der Waals surface area contributed by atoms with Gasteiger partial charge < -0.3 is 23.7 Å². The molecule has 0 amide bonds. The molecular formula is C34H31Br2ClN2O7S. The zero-order valence-corrected chi connectivity index (χ0v) is 30.9. The molecule has 3 aromatic carbocycles. The van der Waals surface area contributed by atoms with Crippen LogP contribution in [0.5, 0.6) is 23.0 Å². The van der Waals surface area contributed by atoms with E-state index in [1.165, 1.54) is 23.0 Å². The zero-order chi connectivity index (χ0) is 33.8. The van der Waals surface area contributed by atoms with Gasteiger partial charge in [-0.15, -0.1) is 0 Å². The molecule has 9 nitrogen and oxygen atoms in total. The monoisotopic (exact) mass is 804 g/mol. The summed E-state index contributed by atoms with van der Waals surface area (Å²) >= 11 is 14.8. The summed E-state index contributed by atoms with van der Waals surface area (Å²) in [5.41, 5.74) is 2.50. The number of benzene rings is 3. The molecule has 5 rings (SSSR count). The lowest BCUT2D eigenvalue weighted by atomic mass is 9.95. The van der Waals surface area contributed by atoms with E-state index in [-0.39, 0.29) is 24.3 Å². The lowest BCUT2D eigenvalue weighted by Crippen LogP contribution is -2.40. The van der Waals surface area contributed by atoms with Crippen molar-refractivity contribution >= 4 is 66.8 Å². The molecule has 0 fully saturated rings. The highest BCUT2D eigenvalue weighted by atomic mass is 79.9. The van der Waals surface area contributed by atoms with E-state index >= 15 is 0 Å². The first-order valence-electron chi connectivity index (χ1n) is 14.5. The van der Waals surface area contributed by atoms with Crippen LogP contribution in [0.4, 0.5) is 0 Å². The van der Waals surface area contributed by atoms with E-state index in [1.54, 1.807) is 51.3 Å². The van der Waals surface area contributed by atoms with Gasteiger partial charge in [0.15, 0.2) is 27.8 Å². The Morgan fingerprint density at radius 3 is 2.43 bits per heavy atom. The van der Waals surface area contributed by atoms with Gasteiger partial charge in [0, 0.05) is 15.1 Å². The highest BCUT2D eigenvalue weighted by molar-refractivity contribution is 9.10. The number of thiazole rings is 1. The number of carbonyl (C=O) groups excluding carboxylic acids is 1. The predicted molar refractivity (Wildman–Crippen MR) is 189 cm³/mol. The second kappa shape index (κ2) is 15.1. The van der Waals surface area contributed by atoms with Gasteiger partial charge in [0.1, 0.15) is 6.61 Å². The summed E-state index contributed by atoms with van der Waals surface area (Å²) in [4.78, 5) is 32.7.